The maximum absolute atomic E-state index is 12.5. The first kappa shape index (κ1) is 17.8. The quantitative estimate of drug-likeness (QED) is 0.862. The van der Waals surface area contributed by atoms with Gasteiger partial charge in [-0.2, -0.15) is 5.26 Å². The maximum Gasteiger partial charge on any atom is 0.274 e. The van der Waals surface area contributed by atoms with E-state index in [2.05, 4.69) is 15.5 Å². The Morgan fingerprint density at radius 1 is 1.23 bits per heavy atom. The van der Waals surface area contributed by atoms with Crippen molar-refractivity contribution in [2.75, 3.05) is 23.9 Å². The van der Waals surface area contributed by atoms with E-state index in [9.17, 15) is 13.2 Å². The Balaban J connectivity index is 1.66. The molecule has 3 rings (SSSR count). The predicted molar refractivity (Wildman–Crippen MR) is 95.6 cm³/mol. The van der Waals surface area contributed by atoms with Gasteiger partial charge in [0.05, 0.1) is 23.1 Å². The number of hydrogen-bond donors (Lipinski definition) is 1. The molecule has 9 heteroatoms. The summed E-state index contributed by atoms with van der Waals surface area (Å²) in [7, 11) is -1.48. The second-order valence-corrected chi connectivity index (χ2v) is 8.32. The van der Waals surface area contributed by atoms with E-state index in [0.29, 0.717) is 17.8 Å². The van der Waals surface area contributed by atoms with Crippen molar-refractivity contribution in [3.05, 3.63) is 47.7 Å². The molecule has 8 nitrogen and oxygen atoms in total. The average Bonchev–Trinajstić information content (AvgIpc) is 3.01. The van der Waals surface area contributed by atoms with E-state index in [4.69, 9.17) is 5.26 Å². The van der Waals surface area contributed by atoms with Crippen LogP contribution in [0.5, 0.6) is 0 Å². The molecule has 1 atom stereocenters. The number of carbonyl (C=O) groups excluding carboxylic acids is 1. The molecule has 1 unspecified atom stereocenters. The van der Waals surface area contributed by atoms with E-state index >= 15 is 0 Å². The molecule has 0 aliphatic carbocycles. The summed E-state index contributed by atoms with van der Waals surface area (Å²) in [5.74, 6) is 0.192. The topological polar surface area (TPSA) is 116 Å². The minimum atomic E-state index is -3.06. The highest BCUT2D eigenvalue weighted by molar-refractivity contribution is 7.91. The molecule has 1 fully saturated rings. The van der Waals surface area contributed by atoms with Crippen LogP contribution in [0.3, 0.4) is 0 Å². The van der Waals surface area contributed by atoms with Crippen LogP contribution in [0.25, 0.3) is 0 Å². The number of rotatable bonds is 4. The zero-order valence-corrected chi connectivity index (χ0v) is 14.9. The largest absolute Gasteiger partial charge is 0.339 e. The third-order valence-electron chi connectivity index (χ3n) is 4.25. The number of carbonyl (C=O) groups is 1. The van der Waals surface area contributed by atoms with Crippen LogP contribution < -0.4 is 5.32 Å². The zero-order chi connectivity index (χ0) is 18.7. The molecule has 0 bridgehead atoms. The highest BCUT2D eigenvalue weighted by Crippen LogP contribution is 2.19. The van der Waals surface area contributed by atoms with Crippen LogP contribution in [0, 0.1) is 11.3 Å². The Labute approximate surface area is 151 Å². The number of sulfone groups is 1. The molecule has 0 radical (unpaired) electrons. The molecule has 26 heavy (non-hydrogen) atoms. The minimum Gasteiger partial charge on any atom is -0.339 e. The Hall–Kier alpha value is -2.99. The lowest BCUT2D eigenvalue weighted by Gasteiger charge is -2.22. The standard InChI is InChI=1S/C17H17N5O3S/c1-22(14-8-9-26(24,25)11-14)17(23)15-6-7-16(21-20-15)19-13-4-2-12(10-18)3-5-13/h2-7,14H,8-9,11H2,1H3,(H,19,21). The van der Waals surface area contributed by atoms with Gasteiger partial charge in [-0.15, -0.1) is 10.2 Å². The highest BCUT2D eigenvalue weighted by atomic mass is 32.2. The summed E-state index contributed by atoms with van der Waals surface area (Å²) >= 11 is 0. The monoisotopic (exact) mass is 371 g/mol. The summed E-state index contributed by atoms with van der Waals surface area (Å²) in [6, 6.07) is 11.7. The fourth-order valence-corrected chi connectivity index (χ4v) is 4.49. The van der Waals surface area contributed by atoms with Gasteiger partial charge in [-0.3, -0.25) is 4.79 Å². The number of nitrogens with zero attached hydrogens (tertiary/aromatic N) is 4. The van der Waals surface area contributed by atoms with Crippen molar-refractivity contribution in [2.24, 2.45) is 0 Å². The zero-order valence-electron chi connectivity index (χ0n) is 14.1. The normalized spacial score (nSPS) is 18.1. The first-order valence-electron chi connectivity index (χ1n) is 7.96. The van der Waals surface area contributed by atoms with Gasteiger partial charge in [0.15, 0.2) is 21.3 Å². The third-order valence-corrected chi connectivity index (χ3v) is 6.00. The van der Waals surface area contributed by atoms with Crippen molar-refractivity contribution in [1.29, 1.82) is 5.26 Å². The molecule has 1 saturated heterocycles. The van der Waals surface area contributed by atoms with Crippen LogP contribution in [0.2, 0.25) is 0 Å². The van der Waals surface area contributed by atoms with Crippen molar-refractivity contribution in [1.82, 2.24) is 15.1 Å². The number of hydrogen-bond acceptors (Lipinski definition) is 7. The van der Waals surface area contributed by atoms with Gasteiger partial charge in [-0.1, -0.05) is 0 Å². The van der Waals surface area contributed by atoms with Gasteiger partial charge in [0.2, 0.25) is 0 Å². The minimum absolute atomic E-state index is 0.0129. The molecule has 1 N–H and O–H groups in total. The molecular formula is C17H17N5O3S. The predicted octanol–water partition coefficient (Wildman–Crippen LogP) is 1.35. The number of amides is 1. The van der Waals surface area contributed by atoms with E-state index in [1.807, 2.05) is 6.07 Å². The van der Waals surface area contributed by atoms with Crippen LogP contribution in [-0.2, 0) is 9.84 Å². The van der Waals surface area contributed by atoms with Crippen molar-refractivity contribution in [3.63, 3.8) is 0 Å². The summed E-state index contributed by atoms with van der Waals surface area (Å²) in [5, 5.41) is 19.7. The van der Waals surface area contributed by atoms with E-state index in [0.717, 1.165) is 5.69 Å². The van der Waals surface area contributed by atoms with Crippen LogP contribution in [0.15, 0.2) is 36.4 Å². The van der Waals surface area contributed by atoms with Gasteiger partial charge < -0.3 is 10.2 Å². The Kier molecular flexibility index (Phi) is 4.86. The van der Waals surface area contributed by atoms with E-state index in [1.54, 1.807) is 43.4 Å². The molecule has 1 aliphatic rings. The Bertz CT molecular complexity index is 949. The molecule has 0 saturated carbocycles. The number of aromatic nitrogens is 2. The molecule has 1 aromatic carbocycles. The Morgan fingerprint density at radius 2 is 1.96 bits per heavy atom. The fraction of sp³-hybridized carbons (Fsp3) is 0.294. The number of anilines is 2. The van der Waals surface area contributed by atoms with Gasteiger partial charge in [0.1, 0.15) is 0 Å². The molecule has 1 amide bonds. The molecule has 1 aromatic heterocycles. The summed E-state index contributed by atoms with van der Waals surface area (Å²) in [6.45, 7) is 0. The smallest absolute Gasteiger partial charge is 0.274 e. The van der Waals surface area contributed by atoms with Crippen LogP contribution in [0.1, 0.15) is 22.5 Å². The molecule has 2 heterocycles. The summed E-state index contributed by atoms with van der Waals surface area (Å²) in [5.41, 5.74) is 1.45. The highest BCUT2D eigenvalue weighted by Gasteiger charge is 2.33. The lowest BCUT2D eigenvalue weighted by atomic mass is 10.2. The summed E-state index contributed by atoms with van der Waals surface area (Å²) in [6.07, 6.45) is 0.441. The second-order valence-electron chi connectivity index (χ2n) is 6.09. The van der Waals surface area contributed by atoms with Crippen molar-refractivity contribution in [3.8, 4) is 6.07 Å². The van der Waals surface area contributed by atoms with Gasteiger partial charge in [0.25, 0.3) is 5.91 Å². The summed E-state index contributed by atoms with van der Waals surface area (Å²) < 4.78 is 23.1. The van der Waals surface area contributed by atoms with Crippen LogP contribution >= 0.6 is 0 Å². The molecule has 2 aromatic rings. The Morgan fingerprint density at radius 3 is 2.50 bits per heavy atom. The van der Waals surface area contributed by atoms with Crippen LogP contribution in [0.4, 0.5) is 11.5 Å². The van der Waals surface area contributed by atoms with Crippen molar-refractivity contribution >= 4 is 27.2 Å². The third kappa shape index (κ3) is 3.97. The van der Waals surface area contributed by atoms with E-state index in [-0.39, 0.29) is 29.1 Å². The average molecular weight is 371 g/mol. The fourth-order valence-electron chi connectivity index (χ4n) is 2.72. The van der Waals surface area contributed by atoms with E-state index < -0.39 is 9.84 Å². The van der Waals surface area contributed by atoms with Gasteiger partial charge in [0, 0.05) is 18.8 Å². The summed E-state index contributed by atoms with van der Waals surface area (Å²) in [4.78, 5) is 13.9. The molecule has 134 valence electrons. The lowest BCUT2D eigenvalue weighted by molar-refractivity contribution is 0.0740. The number of benzene rings is 1. The van der Waals surface area contributed by atoms with E-state index in [1.165, 1.54) is 4.90 Å². The first-order chi connectivity index (χ1) is 12.4. The molecular weight excluding hydrogens is 354 g/mol. The van der Waals surface area contributed by atoms with Gasteiger partial charge >= 0.3 is 0 Å². The molecule has 1 aliphatic heterocycles. The first-order valence-corrected chi connectivity index (χ1v) is 9.78. The number of nitriles is 1. The van der Waals surface area contributed by atoms with Crippen molar-refractivity contribution < 1.29 is 13.2 Å². The second kappa shape index (κ2) is 7.09. The lowest BCUT2D eigenvalue weighted by Crippen LogP contribution is -2.38. The molecule has 0 spiro atoms. The maximum atomic E-state index is 12.5. The SMILES string of the molecule is CN(C(=O)c1ccc(Nc2ccc(C#N)cc2)nn1)C1CCS(=O)(=O)C1. The number of nitrogens with one attached hydrogen (secondary N) is 1. The van der Waals surface area contributed by atoms with Gasteiger partial charge in [-0.05, 0) is 42.8 Å². The van der Waals surface area contributed by atoms with Gasteiger partial charge in [-0.25, -0.2) is 8.42 Å². The van der Waals surface area contributed by atoms with Crippen molar-refractivity contribution in [2.45, 2.75) is 12.5 Å². The van der Waals surface area contributed by atoms with Crippen LogP contribution in [-0.4, -0.2) is 54.0 Å².